The lowest BCUT2D eigenvalue weighted by atomic mass is 10.0. The molecule has 1 fully saturated rings. The highest BCUT2D eigenvalue weighted by Gasteiger charge is 2.45. The maximum absolute atomic E-state index is 13.5. The molecule has 1 aliphatic rings. The minimum absolute atomic E-state index is 0.0780. The summed E-state index contributed by atoms with van der Waals surface area (Å²) in [5.41, 5.74) is 5.74. The fourth-order valence-electron chi connectivity index (χ4n) is 1.59. The Morgan fingerprint density at radius 1 is 1.60 bits per heavy atom. The van der Waals surface area contributed by atoms with Gasteiger partial charge in [0.25, 0.3) is 0 Å². The van der Waals surface area contributed by atoms with E-state index in [0.717, 1.165) is 18.9 Å². The Balaban J connectivity index is 2.65. The molecule has 82 valence electrons. The first-order valence-electron chi connectivity index (χ1n) is 4.54. The van der Waals surface area contributed by atoms with E-state index < -0.39 is 11.4 Å². The zero-order valence-electron chi connectivity index (χ0n) is 8.18. The summed E-state index contributed by atoms with van der Waals surface area (Å²) in [7, 11) is 1.38. The fourth-order valence-corrected chi connectivity index (χ4v) is 2.29. The van der Waals surface area contributed by atoms with Crippen molar-refractivity contribution < 1.29 is 14.2 Å². The van der Waals surface area contributed by atoms with E-state index in [9.17, 15) is 9.50 Å². The molecule has 3 nitrogen and oxygen atoms in total. The Hall–Kier alpha value is -0.810. The van der Waals surface area contributed by atoms with E-state index >= 15 is 0 Å². The maximum atomic E-state index is 13.5. The second kappa shape index (κ2) is 3.35. The van der Waals surface area contributed by atoms with Gasteiger partial charge in [0.15, 0.2) is 11.5 Å². The SMILES string of the molecule is COc1cc(F)c(Br)c(C2(N)CC2)c1O. The van der Waals surface area contributed by atoms with E-state index in [-0.39, 0.29) is 16.0 Å². The van der Waals surface area contributed by atoms with Crippen LogP contribution in [0.3, 0.4) is 0 Å². The van der Waals surface area contributed by atoms with Crippen LogP contribution in [0.5, 0.6) is 11.5 Å². The van der Waals surface area contributed by atoms with Crippen LogP contribution in [0.2, 0.25) is 0 Å². The van der Waals surface area contributed by atoms with Crippen molar-refractivity contribution in [2.45, 2.75) is 18.4 Å². The van der Waals surface area contributed by atoms with Crippen molar-refractivity contribution in [1.29, 1.82) is 0 Å². The van der Waals surface area contributed by atoms with Crippen LogP contribution in [0, 0.1) is 5.82 Å². The summed E-state index contributed by atoms with van der Waals surface area (Å²) in [6.45, 7) is 0. The Morgan fingerprint density at radius 2 is 2.20 bits per heavy atom. The summed E-state index contributed by atoms with van der Waals surface area (Å²) >= 11 is 3.10. The van der Waals surface area contributed by atoms with Gasteiger partial charge in [-0.25, -0.2) is 4.39 Å². The number of benzene rings is 1. The number of halogens is 2. The number of methoxy groups -OCH3 is 1. The van der Waals surface area contributed by atoms with Crippen molar-refractivity contribution in [3.63, 3.8) is 0 Å². The van der Waals surface area contributed by atoms with E-state index in [1.165, 1.54) is 7.11 Å². The van der Waals surface area contributed by atoms with Gasteiger partial charge in [-0.3, -0.25) is 0 Å². The second-order valence-corrected chi connectivity index (χ2v) is 4.55. The lowest BCUT2D eigenvalue weighted by Gasteiger charge is -2.16. The van der Waals surface area contributed by atoms with Gasteiger partial charge in [0, 0.05) is 17.2 Å². The van der Waals surface area contributed by atoms with Gasteiger partial charge in [-0.1, -0.05) is 0 Å². The van der Waals surface area contributed by atoms with Crippen LogP contribution in [0.25, 0.3) is 0 Å². The molecule has 0 unspecified atom stereocenters. The molecule has 2 rings (SSSR count). The van der Waals surface area contributed by atoms with Crippen LogP contribution in [0.1, 0.15) is 18.4 Å². The van der Waals surface area contributed by atoms with Crippen molar-refractivity contribution in [2.75, 3.05) is 7.11 Å². The monoisotopic (exact) mass is 275 g/mol. The number of nitrogens with two attached hydrogens (primary N) is 1. The molecule has 1 saturated carbocycles. The predicted molar refractivity (Wildman–Crippen MR) is 57.4 cm³/mol. The van der Waals surface area contributed by atoms with E-state index in [1.807, 2.05) is 0 Å². The minimum Gasteiger partial charge on any atom is -0.504 e. The Bertz CT molecular complexity index is 418. The molecule has 0 aromatic heterocycles. The summed E-state index contributed by atoms with van der Waals surface area (Å²) < 4.78 is 18.6. The molecule has 0 heterocycles. The Kier molecular flexibility index (Phi) is 2.39. The largest absolute Gasteiger partial charge is 0.504 e. The van der Waals surface area contributed by atoms with E-state index in [2.05, 4.69) is 15.9 Å². The molecule has 0 radical (unpaired) electrons. The quantitative estimate of drug-likeness (QED) is 0.871. The highest BCUT2D eigenvalue weighted by Crippen LogP contribution is 2.52. The molecular weight excluding hydrogens is 265 g/mol. The van der Waals surface area contributed by atoms with Gasteiger partial charge in [-0.2, -0.15) is 0 Å². The summed E-state index contributed by atoms with van der Waals surface area (Å²) in [6, 6.07) is 1.13. The third-order valence-corrected chi connectivity index (χ3v) is 3.44. The van der Waals surface area contributed by atoms with Gasteiger partial charge in [0.1, 0.15) is 5.82 Å². The number of aromatic hydroxyl groups is 1. The van der Waals surface area contributed by atoms with Crippen LogP contribution >= 0.6 is 15.9 Å². The average molecular weight is 276 g/mol. The Morgan fingerprint density at radius 3 is 2.67 bits per heavy atom. The lowest BCUT2D eigenvalue weighted by molar-refractivity contribution is 0.363. The summed E-state index contributed by atoms with van der Waals surface area (Å²) in [5.74, 6) is -0.440. The molecule has 0 atom stereocenters. The fraction of sp³-hybridized carbons (Fsp3) is 0.400. The average Bonchev–Trinajstić information content (AvgIpc) is 2.91. The number of rotatable bonds is 2. The van der Waals surface area contributed by atoms with E-state index in [1.54, 1.807) is 0 Å². The van der Waals surface area contributed by atoms with Crippen LogP contribution in [-0.2, 0) is 5.54 Å². The van der Waals surface area contributed by atoms with Crippen LogP contribution < -0.4 is 10.5 Å². The Labute approximate surface area is 95.2 Å². The molecule has 5 heteroatoms. The van der Waals surface area contributed by atoms with Crippen LogP contribution in [0.15, 0.2) is 10.5 Å². The highest BCUT2D eigenvalue weighted by atomic mass is 79.9. The minimum atomic E-state index is -0.613. The van der Waals surface area contributed by atoms with Gasteiger partial charge in [0.2, 0.25) is 0 Å². The third-order valence-electron chi connectivity index (χ3n) is 2.66. The zero-order chi connectivity index (χ0) is 11.2. The zero-order valence-corrected chi connectivity index (χ0v) is 9.77. The first-order valence-corrected chi connectivity index (χ1v) is 5.33. The van der Waals surface area contributed by atoms with Gasteiger partial charge in [-0.05, 0) is 28.8 Å². The number of hydrogen-bond donors (Lipinski definition) is 2. The summed E-state index contributed by atoms with van der Waals surface area (Å²) in [6.07, 6.45) is 1.48. The standard InChI is InChI=1S/C10H11BrFNO2/c1-15-6-4-5(12)8(11)7(9(6)14)10(13)2-3-10/h4,14H,2-3,13H2,1H3. The number of hydrogen-bond acceptors (Lipinski definition) is 3. The van der Waals surface area contributed by atoms with Crippen molar-refractivity contribution >= 4 is 15.9 Å². The van der Waals surface area contributed by atoms with Crippen molar-refractivity contribution in [3.8, 4) is 11.5 Å². The molecule has 0 amide bonds. The summed E-state index contributed by atoms with van der Waals surface area (Å²) in [5, 5.41) is 9.87. The van der Waals surface area contributed by atoms with Crippen molar-refractivity contribution in [3.05, 3.63) is 21.9 Å². The first kappa shape index (κ1) is 10.7. The molecule has 3 N–H and O–H groups in total. The molecule has 0 spiro atoms. The van der Waals surface area contributed by atoms with E-state index in [4.69, 9.17) is 10.5 Å². The lowest BCUT2D eigenvalue weighted by Crippen LogP contribution is -2.20. The maximum Gasteiger partial charge on any atom is 0.164 e. The summed E-state index contributed by atoms with van der Waals surface area (Å²) in [4.78, 5) is 0. The number of phenolic OH excluding ortho intramolecular Hbond substituents is 1. The topological polar surface area (TPSA) is 55.5 Å². The molecule has 0 saturated heterocycles. The first-order chi connectivity index (χ1) is 6.99. The second-order valence-electron chi connectivity index (χ2n) is 3.75. The highest BCUT2D eigenvalue weighted by molar-refractivity contribution is 9.10. The molecule has 0 bridgehead atoms. The third kappa shape index (κ3) is 1.59. The molecule has 1 aromatic carbocycles. The molecular formula is C10H11BrFNO2. The van der Waals surface area contributed by atoms with Gasteiger partial charge < -0.3 is 15.6 Å². The van der Waals surface area contributed by atoms with Crippen LogP contribution in [-0.4, -0.2) is 12.2 Å². The smallest absolute Gasteiger partial charge is 0.164 e. The normalized spacial score (nSPS) is 17.6. The van der Waals surface area contributed by atoms with Gasteiger partial charge in [0.05, 0.1) is 11.6 Å². The van der Waals surface area contributed by atoms with Gasteiger partial charge >= 0.3 is 0 Å². The molecule has 15 heavy (non-hydrogen) atoms. The molecule has 0 aliphatic heterocycles. The molecule has 1 aromatic rings. The number of phenols is 1. The molecule has 1 aliphatic carbocycles. The van der Waals surface area contributed by atoms with Gasteiger partial charge in [-0.15, -0.1) is 0 Å². The number of ether oxygens (including phenoxy) is 1. The van der Waals surface area contributed by atoms with Crippen molar-refractivity contribution in [2.24, 2.45) is 5.73 Å². The van der Waals surface area contributed by atoms with E-state index in [0.29, 0.717) is 5.56 Å². The predicted octanol–water partition coefficient (Wildman–Crippen LogP) is 2.25. The van der Waals surface area contributed by atoms with Crippen molar-refractivity contribution in [1.82, 2.24) is 0 Å². The van der Waals surface area contributed by atoms with Crippen LogP contribution in [0.4, 0.5) is 4.39 Å².